The van der Waals surface area contributed by atoms with Crippen molar-refractivity contribution in [2.24, 2.45) is 5.92 Å². The zero-order valence-corrected chi connectivity index (χ0v) is 42.0. The first-order valence-corrected chi connectivity index (χ1v) is 26.6. The summed E-state index contributed by atoms with van der Waals surface area (Å²) >= 11 is 0. The van der Waals surface area contributed by atoms with Gasteiger partial charge in [-0.3, -0.25) is 0 Å². The molecule has 0 saturated heterocycles. The van der Waals surface area contributed by atoms with Gasteiger partial charge in [0.25, 0.3) is 0 Å². The highest BCUT2D eigenvalue weighted by Crippen LogP contribution is 2.66. The largest absolute Gasteiger partial charge is 0.227 e. The van der Waals surface area contributed by atoms with Crippen LogP contribution in [-0.2, 0) is 10.8 Å². The molecule has 5 aliphatic carbocycles. The minimum absolute atomic E-state index is 0.319. The number of aromatic nitrogens is 2. The molecule has 2 spiro atoms. The number of hydrogen-bond donors (Lipinski definition) is 0. The molecule has 16 rings (SSSR count). The van der Waals surface area contributed by atoms with E-state index < -0.39 is 10.8 Å². The molecule has 5 aliphatic rings. The standard InChI is InChI=1S/C73H44N4/c1-43-13-12-19-58-55-18-6-11-24-65(55)73(68(43)58)64-23-10-5-17-54(64)57-36-34-49(40-67(57)73)59-37-50(38-60-69(46-29-25-44(41-74)26-30-46)76-71(77-70(59)60)47-31-27-45(42-75)28-32-47)48-33-35-56-53-16-4-9-22-63(53)72(66(56)39-48)61-20-7-2-14-51(61)52-15-3-8-21-62(52)72/h2-12,14-40,43H,13H2,1H3. The number of allylic oxidation sites excluding steroid dienone is 4. The zero-order chi connectivity index (χ0) is 51.1. The Kier molecular flexibility index (Phi) is 9.02. The molecule has 2 atom stereocenters. The number of rotatable bonds is 4. The van der Waals surface area contributed by atoms with Crippen LogP contribution in [-0.4, -0.2) is 9.97 Å². The van der Waals surface area contributed by atoms with E-state index in [0.29, 0.717) is 22.9 Å². The summed E-state index contributed by atoms with van der Waals surface area (Å²) < 4.78 is 0. The second kappa shape index (κ2) is 16.0. The molecule has 11 aromatic rings. The summed E-state index contributed by atoms with van der Waals surface area (Å²) in [5.41, 5.74) is 28.4. The molecule has 0 bridgehead atoms. The molecule has 2 unspecified atom stereocenters. The third-order valence-electron chi connectivity index (χ3n) is 17.6. The predicted molar refractivity (Wildman–Crippen MR) is 309 cm³/mol. The van der Waals surface area contributed by atoms with Crippen molar-refractivity contribution in [2.45, 2.75) is 24.2 Å². The first kappa shape index (κ1) is 43.4. The Balaban J connectivity index is 0.999. The van der Waals surface area contributed by atoms with E-state index >= 15 is 0 Å². The lowest BCUT2D eigenvalue weighted by Crippen LogP contribution is -2.30. The summed E-state index contributed by atoms with van der Waals surface area (Å²) in [4.78, 5) is 11.0. The van der Waals surface area contributed by atoms with Crippen molar-refractivity contribution >= 4 is 16.5 Å². The lowest BCUT2D eigenvalue weighted by atomic mass is 9.65. The fourth-order valence-corrected chi connectivity index (χ4v) is 14.5. The van der Waals surface area contributed by atoms with Crippen LogP contribution in [0.15, 0.2) is 236 Å². The number of nitrogens with zero attached hydrogens (tertiary/aromatic N) is 4. The lowest BCUT2D eigenvalue weighted by Gasteiger charge is -2.36. The molecule has 0 aliphatic heterocycles. The van der Waals surface area contributed by atoms with Crippen LogP contribution in [0.2, 0.25) is 0 Å². The minimum Gasteiger partial charge on any atom is -0.227 e. The zero-order valence-electron chi connectivity index (χ0n) is 42.0. The van der Waals surface area contributed by atoms with Crippen LogP contribution in [0.4, 0.5) is 0 Å². The molecule has 4 heteroatoms. The summed E-state index contributed by atoms with van der Waals surface area (Å²) in [5.74, 6) is 0.874. The van der Waals surface area contributed by atoms with Crippen LogP contribution in [0.25, 0.3) is 94.8 Å². The molecule has 0 radical (unpaired) electrons. The molecular weight excluding hydrogens is 933 g/mol. The third-order valence-corrected chi connectivity index (χ3v) is 17.6. The Bertz CT molecular complexity index is 4510. The highest BCUT2D eigenvalue weighted by atomic mass is 14.9. The van der Waals surface area contributed by atoms with Gasteiger partial charge in [-0.1, -0.05) is 177 Å². The second-order valence-electron chi connectivity index (χ2n) is 21.3. The van der Waals surface area contributed by atoms with E-state index in [0.717, 1.165) is 56.4 Å². The minimum atomic E-state index is -0.512. The van der Waals surface area contributed by atoms with Crippen molar-refractivity contribution in [1.82, 2.24) is 9.97 Å². The van der Waals surface area contributed by atoms with Gasteiger partial charge in [0, 0.05) is 22.1 Å². The topological polar surface area (TPSA) is 73.4 Å². The first-order chi connectivity index (χ1) is 38.0. The van der Waals surface area contributed by atoms with Crippen molar-refractivity contribution in [3.05, 3.63) is 292 Å². The third kappa shape index (κ3) is 5.74. The van der Waals surface area contributed by atoms with Crippen LogP contribution >= 0.6 is 0 Å². The van der Waals surface area contributed by atoms with Gasteiger partial charge in [-0.15, -0.1) is 0 Å². The van der Waals surface area contributed by atoms with E-state index in [1.54, 1.807) is 0 Å². The normalized spacial score (nSPS) is 17.0. The lowest BCUT2D eigenvalue weighted by molar-refractivity contribution is 0.591. The van der Waals surface area contributed by atoms with Crippen LogP contribution in [0.1, 0.15) is 69.0 Å². The van der Waals surface area contributed by atoms with E-state index in [4.69, 9.17) is 9.97 Å². The van der Waals surface area contributed by atoms with Gasteiger partial charge in [-0.25, -0.2) is 9.97 Å². The van der Waals surface area contributed by atoms with Crippen molar-refractivity contribution < 1.29 is 0 Å². The van der Waals surface area contributed by atoms with E-state index in [9.17, 15) is 10.5 Å². The van der Waals surface area contributed by atoms with Crippen LogP contribution < -0.4 is 0 Å². The maximum absolute atomic E-state index is 9.97. The predicted octanol–water partition coefficient (Wildman–Crippen LogP) is 17.1. The van der Waals surface area contributed by atoms with E-state index in [-0.39, 0.29) is 0 Å². The molecular formula is C73H44N4. The molecule has 1 heterocycles. The van der Waals surface area contributed by atoms with Crippen LogP contribution in [0, 0.1) is 28.6 Å². The molecule has 356 valence electrons. The molecule has 4 nitrogen and oxygen atoms in total. The van der Waals surface area contributed by atoms with Crippen molar-refractivity contribution in [3.8, 4) is 90.4 Å². The van der Waals surface area contributed by atoms with Crippen molar-refractivity contribution in [1.29, 1.82) is 10.5 Å². The molecule has 0 fully saturated rings. The van der Waals surface area contributed by atoms with Gasteiger partial charge >= 0.3 is 0 Å². The fourth-order valence-electron chi connectivity index (χ4n) is 14.5. The number of fused-ring (bicyclic) bond motifs is 20. The van der Waals surface area contributed by atoms with E-state index in [1.165, 1.54) is 89.0 Å². The van der Waals surface area contributed by atoms with Crippen LogP contribution in [0.5, 0.6) is 0 Å². The summed E-state index contributed by atoms with van der Waals surface area (Å²) in [6.45, 7) is 2.40. The molecule has 1 aromatic heterocycles. The van der Waals surface area contributed by atoms with Gasteiger partial charge in [-0.2, -0.15) is 10.5 Å². The average Bonchev–Trinajstić information content (AvgIpc) is 4.38. The summed E-state index contributed by atoms with van der Waals surface area (Å²) in [6, 6.07) is 83.8. The van der Waals surface area contributed by atoms with Crippen molar-refractivity contribution in [2.75, 3.05) is 0 Å². The smallest absolute Gasteiger partial charge is 0.160 e. The van der Waals surface area contributed by atoms with Crippen LogP contribution in [0.3, 0.4) is 0 Å². The Labute approximate surface area is 446 Å². The molecule has 0 N–H and O–H groups in total. The summed E-state index contributed by atoms with van der Waals surface area (Å²) in [6.07, 6.45) is 5.71. The highest BCUT2D eigenvalue weighted by Gasteiger charge is 2.55. The van der Waals surface area contributed by atoms with Gasteiger partial charge < -0.3 is 0 Å². The number of nitriles is 2. The van der Waals surface area contributed by atoms with Gasteiger partial charge in [0.15, 0.2) is 5.82 Å². The Morgan fingerprint density at radius 3 is 1.43 bits per heavy atom. The quantitative estimate of drug-likeness (QED) is 0.176. The highest BCUT2D eigenvalue weighted by molar-refractivity contribution is 6.06. The van der Waals surface area contributed by atoms with Gasteiger partial charge in [0.2, 0.25) is 0 Å². The first-order valence-electron chi connectivity index (χ1n) is 26.6. The average molecular weight is 977 g/mol. The number of benzene rings is 10. The molecule has 77 heavy (non-hydrogen) atoms. The molecule has 0 saturated carbocycles. The van der Waals surface area contributed by atoms with E-state index in [1.807, 2.05) is 48.5 Å². The van der Waals surface area contributed by atoms with E-state index in [2.05, 4.69) is 201 Å². The fraction of sp³-hybridized carbons (Fsp3) is 0.0685. The molecule has 10 aromatic carbocycles. The maximum Gasteiger partial charge on any atom is 0.160 e. The Hall–Kier alpha value is -10.0. The van der Waals surface area contributed by atoms with Gasteiger partial charge in [-0.05, 0) is 179 Å². The summed E-state index contributed by atoms with van der Waals surface area (Å²) in [7, 11) is 0. The van der Waals surface area contributed by atoms with Gasteiger partial charge in [0.1, 0.15) is 0 Å². The monoisotopic (exact) mass is 976 g/mol. The Morgan fingerprint density at radius 2 is 0.857 bits per heavy atom. The Morgan fingerprint density at radius 1 is 0.403 bits per heavy atom. The summed E-state index contributed by atoms with van der Waals surface area (Å²) in [5, 5.41) is 20.7. The van der Waals surface area contributed by atoms with Gasteiger partial charge in [0.05, 0.1) is 45.3 Å². The second-order valence-corrected chi connectivity index (χ2v) is 21.3. The van der Waals surface area contributed by atoms with Crippen molar-refractivity contribution in [3.63, 3.8) is 0 Å². The maximum atomic E-state index is 9.97. The SMILES string of the molecule is CC1CC=CC2=C1C1(c3ccccc32)c2ccccc2-c2ccc(-c3cc(-c4ccc5c(c4)C4(c6ccccc6-c6ccccc64)c4ccccc4-5)cc4c(-c5ccc(C#N)cc5)nc(-c5ccc(C#N)cc5)nc34)cc21. The molecule has 0 amide bonds. The number of hydrogen-bond acceptors (Lipinski definition) is 4.